The van der Waals surface area contributed by atoms with Crippen molar-refractivity contribution in [3.8, 4) is 33.4 Å². The zero-order chi connectivity index (χ0) is 36.4. The van der Waals surface area contributed by atoms with Crippen molar-refractivity contribution in [2.75, 3.05) is 10.6 Å². The van der Waals surface area contributed by atoms with E-state index in [4.69, 9.17) is 0 Å². The molecule has 8 aromatic rings. The first-order chi connectivity index (χ1) is 26.8. The highest BCUT2D eigenvalue weighted by molar-refractivity contribution is 6.03. The van der Waals surface area contributed by atoms with Crippen LogP contribution in [0.5, 0.6) is 0 Å². The van der Waals surface area contributed by atoms with Crippen LogP contribution in [0.3, 0.4) is 0 Å². The normalized spacial score (nSPS) is 12.1. The fraction of sp³-hybridized carbons (Fsp3) is 0. The van der Waals surface area contributed by atoms with Crippen molar-refractivity contribution >= 4 is 46.6 Å². The number of hydrogen-bond acceptors (Lipinski definition) is 2. The smallest absolute Gasteiger partial charge is 0.0380 e. The molecule has 8 aromatic carbocycles. The van der Waals surface area contributed by atoms with Crippen molar-refractivity contribution in [1.29, 1.82) is 0 Å². The minimum absolute atomic E-state index is 1.03. The summed E-state index contributed by atoms with van der Waals surface area (Å²) < 4.78 is 0. The van der Waals surface area contributed by atoms with Crippen LogP contribution in [0.25, 0.3) is 68.6 Å². The lowest BCUT2D eigenvalue weighted by Gasteiger charge is -2.13. The van der Waals surface area contributed by atoms with Gasteiger partial charge in [-0.1, -0.05) is 188 Å². The van der Waals surface area contributed by atoms with Gasteiger partial charge in [-0.05, 0) is 96.1 Å². The molecule has 54 heavy (non-hydrogen) atoms. The lowest BCUT2D eigenvalue weighted by molar-refractivity contribution is 1.55. The Labute approximate surface area is 317 Å². The third-order valence-corrected chi connectivity index (χ3v) is 9.60. The number of allylic oxidation sites excluding steroid dienone is 1. The Hall–Kier alpha value is -7.16. The molecule has 0 bridgehead atoms. The fourth-order valence-corrected chi connectivity index (χ4v) is 6.82. The Morgan fingerprint density at radius 3 is 1.52 bits per heavy atom. The SMILES string of the molecule is C(=C/c1ccc(-c2ccc(-c3ccccc3)cc2)c2/c(=C\C=C\Nc3ccccc3)cc/c(=C\Nc3ccc(-c4ccccc4)cc3)c12)/c1ccccc1. The first-order valence-electron chi connectivity index (χ1n) is 18.3. The fourth-order valence-electron chi connectivity index (χ4n) is 6.82. The number of fused-ring (bicyclic) bond motifs is 1. The van der Waals surface area contributed by atoms with Gasteiger partial charge in [-0.15, -0.1) is 0 Å². The molecule has 0 unspecified atom stereocenters. The van der Waals surface area contributed by atoms with Crippen LogP contribution >= 0.6 is 0 Å². The topological polar surface area (TPSA) is 24.1 Å². The summed E-state index contributed by atoms with van der Waals surface area (Å²) in [5.74, 6) is 0. The zero-order valence-electron chi connectivity index (χ0n) is 29.9. The first kappa shape index (κ1) is 34.0. The van der Waals surface area contributed by atoms with E-state index >= 15 is 0 Å². The average molecular weight is 693 g/mol. The number of para-hydroxylation sites is 1. The molecule has 8 rings (SSSR count). The van der Waals surface area contributed by atoms with Crippen LogP contribution in [0.1, 0.15) is 11.1 Å². The Kier molecular flexibility index (Phi) is 10.3. The van der Waals surface area contributed by atoms with Crippen LogP contribution in [0.2, 0.25) is 0 Å². The number of hydrogen-bond donors (Lipinski definition) is 2. The molecular weight excluding hydrogens is 653 g/mol. The minimum Gasteiger partial charge on any atom is -0.362 e. The predicted octanol–water partition coefficient (Wildman–Crippen LogP) is 12.3. The summed E-state index contributed by atoms with van der Waals surface area (Å²) in [6.45, 7) is 0. The molecule has 0 aliphatic carbocycles. The van der Waals surface area contributed by atoms with Crippen molar-refractivity contribution in [2.24, 2.45) is 0 Å². The average Bonchev–Trinajstić information content (AvgIpc) is 3.25. The summed E-state index contributed by atoms with van der Waals surface area (Å²) in [4.78, 5) is 0. The van der Waals surface area contributed by atoms with Gasteiger partial charge in [0.1, 0.15) is 0 Å². The summed E-state index contributed by atoms with van der Waals surface area (Å²) in [5, 5.41) is 11.6. The van der Waals surface area contributed by atoms with Gasteiger partial charge in [0.2, 0.25) is 0 Å². The van der Waals surface area contributed by atoms with Crippen molar-refractivity contribution in [3.05, 3.63) is 228 Å². The first-order valence-corrected chi connectivity index (χ1v) is 18.3. The van der Waals surface area contributed by atoms with E-state index in [0.29, 0.717) is 0 Å². The highest BCUT2D eigenvalue weighted by Crippen LogP contribution is 2.31. The molecule has 2 N–H and O–H groups in total. The van der Waals surface area contributed by atoms with E-state index in [0.717, 1.165) is 32.9 Å². The van der Waals surface area contributed by atoms with Crippen molar-refractivity contribution in [2.45, 2.75) is 0 Å². The molecule has 0 atom stereocenters. The molecule has 0 saturated carbocycles. The monoisotopic (exact) mass is 692 g/mol. The summed E-state index contributed by atoms with van der Waals surface area (Å²) in [5.41, 5.74) is 11.5. The van der Waals surface area contributed by atoms with Gasteiger partial charge < -0.3 is 10.6 Å². The van der Waals surface area contributed by atoms with Gasteiger partial charge in [0.25, 0.3) is 0 Å². The lowest BCUT2D eigenvalue weighted by Crippen LogP contribution is -2.15. The van der Waals surface area contributed by atoms with Gasteiger partial charge in [0, 0.05) is 23.8 Å². The highest BCUT2D eigenvalue weighted by atomic mass is 14.8. The lowest BCUT2D eigenvalue weighted by atomic mass is 9.91. The van der Waals surface area contributed by atoms with Crippen LogP contribution in [-0.2, 0) is 0 Å². The van der Waals surface area contributed by atoms with E-state index in [-0.39, 0.29) is 0 Å². The van der Waals surface area contributed by atoms with E-state index in [1.807, 2.05) is 30.5 Å². The summed E-state index contributed by atoms with van der Waals surface area (Å²) in [6, 6.07) is 68.3. The molecule has 0 aliphatic rings. The van der Waals surface area contributed by atoms with Crippen LogP contribution in [0.4, 0.5) is 11.4 Å². The Bertz CT molecular complexity index is 2640. The molecule has 0 saturated heterocycles. The van der Waals surface area contributed by atoms with Crippen LogP contribution < -0.4 is 21.1 Å². The van der Waals surface area contributed by atoms with Gasteiger partial charge in [-0.3, -0.25) is 0 Å². The van der Waals surface area contributed by atoms with Crippen molar-refractivity contribution in [3.63, 3.8) is 0 Å². The van der Waals surface area contributed by atoms with Crippen molar-refractivity contribution < 1.29 is 0 Å². The molecule has 0 radical (unpaired) electrons. The van der Waals surface area contributed by atoms with Gasteiger partial charge in [0.15, 0.2) is 0 Å². The molecule has 2 heteroatoms. The zero-order valence-corrected chi connectivity index (χ0v) is 29.9. The predicted molar refractivity (Wildman–Crippen MR) is 233 cm³/mol. The molecule has 0 amide bonds. The van der Waals surface area contributed by atoms with E-state index in [1.54, 1.807) is 0 Å². The summed E-state index contributed by atoms with van der Waals surface area (Å²) >= 11 is 0. The molecule has 0 heterocycles. The maximum atomic E-state index is 3.62. The highest BCUT2D eigenvalue weighted by Gasteiger charge is 2.11. The van der Waals surface area contributed by atoms with E-state index in [2.05, 4.69) is 211 Å². The summed E-state index contributed by atoms with van der Waals surface area (Å²) in [6.07, 6.45) is 12.9. The molecule has 0 spiro atoms. The molecule has 0 aliphatic heterocycles. The van der Waals surface area contributed by atoms with Crippen LogP contribution in [-0.4, -0.2) is 0 Å². The Morgan fingerprint density at radius 2 is 0.870 bits per heavy atom. The van der Waals surface area contributed by atoms with E-state index in [9.17, 15) is 0 Å². The van der Waals surface area contributed by atoms with E-state index in [1.165, 1.54) is 44.2 Å². The molecule has 258 valence electrons. The van der Waals surface area contributed by atoms with Gasteiger partial charge in [-0.25, -0.2) is 0 Å². The number of anilines is 2. The number of benzene rings is 8. The van der Waals surface area contributed by atoms with Crippen molar-refractivity contribution in [1.82, 2.24) is 0 Å². The molecule has 2 nitrogen and oxygen atoms in total. The third-order valence-electron chi connectivity index (χ3n) is 9.60. The van der Waals surface area contributed by atoms with Gasteiger partial charge in [-0.2, -0.15) is 0 Å². The molecule has 0 fully saturated rings. The summed E-state index contributed by atoms with van der Waals surface area (Å²) in [7, 11) is 0. The van der Waals surface area contributed by atoms with Gasteiger partial charge in [0.05, 0.1) is 0 Å². The number of nitrogens with one attached hydrogen (secondary N) is 2. The van der Waals surface area contributed by atoms with E-state index < -0.39 is 0 Å². The number of rotatable bonds is 10. The maximum absolute atomic E-state index is 3.62. The maximum Gasteiger partial charge on any atom is 0.0380 e. The van der Waals surface area contributed by atoms with Crippen LogP contribution in [0, 0.1) is 0 Å². The molecular formula is C52H40N2. The standard InChI is InChI=1S/C52H40N2/c1-5-14-39(15-6-1)23-24-46-33-36-50(44-27-25-42(26-28-44)40-16-7-2-8-17-40)52-45(20-13-37-53-48-21-11-4-12-22-48)29-30-47(51(46)52)38-54-49-34-31-43(32-35-49)41-18-9-3-10-19-41/h1-38,53-54H/b24-23-,37-13+,45-20-,47-38+. The van der Waals surface area contributed by atoms with Gasteiger partial charge >= 0.3 is 0 Å². The quantitative estimate of drug-likeness (QED) is 0.139. The largest absolute Gasteiger partial charge is 0.362 e. The second-order valence-corrected chi connectivity index (χ2v) is 13.2. The minimum atomic E-state index is 1.03. The Balaban J connectivity index is 1.27. The Morgan fingerprint density at radius 1 is 0.352 bits per heavy atom. The molecule has 0 aromatic heterocycles. The second-order valence-electron chi connectivity index (χ2n) is 13.2. The van der Waals surface area contributed by atoms with Crippen LogP contribution in [0.15, 0.2) is 206 Å². The third kappa shape index (κ3) is 7.99. The second kappa shape index (κ2) is 16.5.